The first-order valence-electron chi connectivity index (χ1n) is 10.0. The van der Waals surface area contributed by atoms with Crippen molar-refractivity contribution in [2.45, 2.75) is 46.0 Å². The molecule has 3 aromatic heterocycles. The van der Waals surface area contributed by atoms with Gasteiger partial charge in [0.1, 0.15) is 11.3 Å². The van der Waals surface area contributed by atoms with Crippen LogP contribution in [0.5, 0.6) is 0 Å². The predicted octanol–water partition coefficient (Wildman–Crippen LogP) is 4.13. The van der Waals surface area contributed by atoms with Gasteiger partial charge < -0.3 is 4.90 Å². The highest BCUT2D eigenvalue weighted by Gasteiger charge is 2.42. The summed E-state index contributed by atoms with van der Waals surface area (Å²) in [6, 6.07) is 3.97. The van der Waals surface area contributed by atoms with Gasteiger partial charge in [-0.25, -0.2) is 9.97 Å². The standard InChI is InChI=1S/C21H26N6/c1-14-5-3-7-21(14)8-11-27(12-9-21)17-13-23-19-18(25-26-20(19)24-17)16-6-4-10-22-15(16)2/h4,6,10,13-14H,3,5,7-9,11-12H2,1-2H3,(H,24,25,26)/t14-/m1/s1. The van der Waals surface area contributed by atoms with Gasteiger partial charge in [0, 0.05) is 30.5 Å². The zero-order valence-corrected chi connectivity index (χ0v) is 16.1. The number of hydrogen-bond donors (Lipinski definition) is 1. The third kappa shape index (κ3) is 2.69. The number of hydrogen-bond acceptors (Lipinski definition) is 5. The van der Waals surface area contributed by atoms with Crippen LogP contribution in [-0.2, 0) is 0 Å². The summed E-state index contributed by atoms with van der Waals surface area (Å²) in [5.74, 6) is 1.81. The molecule has 1 aliphatic carbocycles. The molecule has 5 rings (SSSR count). The lowest BCUT2D eigenvalue weighted by Gasteiger charge is -2.42. The number of aromatic nitrogens is 5. The van der Waals surface area contributed by atoms with E-state index in [-0.39, 0.29) is 0 Å². The predicted molar refractivity (Wildman–Crippen MR) is 107 cm³/mol. The number of nitrogens with zero attached hydrogens (tertiary/aromatic N) is 5. The largest absolute Gasteiger partial charge is 0.355 e. The van der Waals surface area contributed by atoms with Crippen LogP contribution in [0.2, 0.25) is 0 Å². The zero-order valence-electron chi connectivity index (χ0n) is 16.1. The van der Waals surface area contributed by atoms with E-state index in [1.807, 2.05) is 25.3 Å². The molecule has 1 saturated carbocycles. The van der Waals surface area contributed by atoms with E-state index >= 15 is 0 Å². The van der Waals surface area contributed by atoms with Crippen LogP contribution in [-0.4, -0.2) is 38.2 Å². The monoisotopic (exact) mass is 362 g/mol. The van der Waals surface area contributed by atoms with Crippen molar-refractivity contribution in [2.75, 3.05) is 18.0 Å². The molecule has 0 aromatic carbocycles. The van der Waals surface area contributed by atoms with E-state index in [0.717, 1.165) is 47.3 Å². The number of rotatable bonds is 2. The Bertz CT molecular complexity index is 970. The number of aromatic amines is 1. The van der Waals surface area contributed by atoms with Crippen molar-refractivity contribution in [2.24, 2.45) is 11.3 Å². The summed E-state index contributed by atoms with van der Waals surface area (Å²) in [5, 5.41) is 7.53. The Hall–Kier alpha value is -2.50. The maximum absolute atomic E-state index is 4.81. The molecule has 0 unspecified atom stereocenters. The van der Waals surface area contributed by atoms with Crippen LogP contribution in [0.15, 0.2) is 24.5 Å². The van der Waals surface area contributed by atoms with Gasteiger partial charge in [-0.15, -0.1) is 0 Å². The summed E-state index contributed by atoms with van der Waals surface area (Å²) < 4.78 is 0. The molecule has 1 N–H and O–H groups in total. The van der Waals surface area contributed by atoms with Gasteiger partial charge in [-0.05, 0) is 49.7 Å². The molecule has 0 radical (unpaired) electrons. The van der Waals surface area contributed by atoms with Crippen molar-refractivity contribution < 1.29 is 0 Å². The van der Waals surface area contributed by atoms with Gasteiger partial charge in [-0.2, -0.15) is 5.10 Å². The van der Waals surface area contributed by atoms with Crippen LogP contribution in [0.4, 0.5) is 5.82 Å². The molecule has 0 bridgehead atoms. The first-order valence-corrected chi connectivity index (χ1v) is 10.0. The Labute approximate surface area is 159 Å². The van der Waals surface area contributed by atoms with E-state index in [1.54, 1.807) is 6.20 Å². The van der Waals surface area contributed by atoms with Gasteiger partial charge in [-0.3, -0.25) is 10.1 Å². The fourth-order valence-electron chi connectivity index (χ4n) is 5.11. The third-order valence-electron chi connectivity index (χ3n) is 6.97. The molecule has 1 aliphatic heterocycles. The summed E-state index contributed by atoms with van der Waals surface area (Å²) in [5.41, 5.74) is 4.95. The van der Waals surface area contributed by atoms with Crippen LogP contribution in [0.1, 0.15) is 44.7 Å². The van der Waals surface area contributed by atoms with Crippen LogP contribution in [0.3, 0.4) is 0 Å². The van der Waals surface area contributed by atoms with Crippen molar-refractivity contribution >= 4 is 17.0 Å². The highest BCUT2D eigenvalue weighted by molar-refractivity contribution is 5.88. The normalized spacial score (nSPS) is 22.0. The van der Waals surface area contributed by atoms with Crippen molar-refractivity contribution in [1.82, 2.24) is 25.1 Å². The number of aryl methyl sites for hydroxylation is 1. The van der Waals surface area contributed by atoms with E-state index in [0.29, 0.717) is 11.1 Å². The van der Waals surface area contributed by atoms with Gasteiger partial charge in [0.05, 0.1) is 11.9 Å². The minimum Gasteiger partial charge on any atom is -0.355 e. The minimum absolute atomic E-state index is 0.575. The van der Waals surface area contributed by atoms with Crippen molar-refractivity contribution in [1.29, 1.82) is 0 Å². The fourth-order valence-corrected chi connectivity index (χ4v) is 5.11. The van der Waals surface area contributed by atoms with Gasteiger partial charge in [0.2, 0.25) is 5.65 Å². The van der Waals surface area contributed by atoms with E-state index in [9.17, 15) is 0 Å². The second-order valence-electron chi connectivity index (χ2n) is 8.28. The van der Waals surface area contributed by atoms with E-state index in [1.165, 1.54) is 32.1 Å². The first-order chi connectivity index (χ1) is 13.2. The number of anilines is 1. The van der Waals surface area contributed by atoms with Crippen LogP contribution >= 0.6 is 0 Å². The summed E-state index contributed by atoms with van der Waals surface area (Å²) in [7, 11) is 0. The summed E-state index contributed by atoms with van der Waals surface area (Å²) in [4.78, 5) is 16.3. The quantitative estimate of drug-likeness (QED) is 0.742. The van der Waals surface area contributed by atoms with Gasteiger partial charge >= 0.3 is 0 Å². The zero-order chi connectivity index (χ0) is 18.4. The Kier molecular flexibility index (Phi) is 3.88. The van der Waals surface area contributed by atoms with Crippen molar-refractivity contribution in [3.05, 3.63) is 30.2 Å². The molecule has 0 amide bonds. The van der Waals surface area contributed by atoms with E-state index < -0.39 is 0 Å². The van der Waals surface area contributed by atoms with Crippen LogP contribution in [0, 0.1) is 18.3 Å². The average Bonchev–Trinajstić information content (AvgIpc) is 3.26. The van der Waals surface area contributed by atoms with Gasteiger partial charge in [0.25, 0.3) is 0 Å². The molecule has 3 aromatic rings. The van der Waals surface area contributed by atoms with Crippen LogP contribution < -0.4 is 4.90 Å². The Morgan fingerprint density at radius 2 is 2.04 bits per heavy atom. The third-order valence-corrected chi connectivity index (χ3v) is 6.97. The molecule has 2 fully saturated rings. The molecule has 6 nitrogen and oxygen atoms in total. The summed E-state index contributed by atoms with van der Waals surface area (Å²) in [6.45, 7) is 6.59. The smallest absolute Gasteiger partial charge is 0.202 e. The molecule has 140 valence electrons. The topological polar surface area (TPSA) is 70.6 Å². The maximum Gasteiger partial charge on any atom is 0.202 e. The maximum atomic E-state index is 4.81. The molecule has 4 heterocycles. The highest BCUT2D eigenvalue weighted by Crippen LogP contribution is 2.50. The average molecular weight is 362 g/mol. The number of fused-ring (bicyclic) bond motifs is 1. The minimum atomic E-state index is 0.575. The summed E-state index contributed by atoms with van der Waals surface area (Å²) in [6.07, 6.45) is 10.5. The SMILES string of the molecule is Cc1ncccc1-c1[nH]nc2nc(N3CCC4(CCC[C@H]4C)CC3)cnc12. The van der Waals surface area contributed by atoms with Gasteiger partial charge in [-0.1, -0.05) is 19.8 Å². The lowest BCUT2D eigenvalue weighted by Crippen LogP contribution is -2.41. The number of pyridine rings is 1. The molecule has 6 heteroatoms. The molecular formula is C21H26N6. The lowest BCUT2D eigenvalue weighted by atomic mass is 9.71. The lowest BCUT2D eigenvalue weighted by molar-refractivity contribution is 0.161. The van der Waals surface area contributed by atoms with Crippen molar-refractivity contribution in [3.63, 3.8) is 0 Å². The van der Waals surface area contributed by atoms with Crippen LogP contribution in [0.25, 0.3) is 22.4 Å². The molecule has 2 aliphatic rings. The van der Waals surface area contributed by atoms with E-state index in [4.69, 9.17) is 9.97 Å². The first kappa shape index (κ1) is 16.7. The molecule has 1 spiro atoms. The molecule has 1 atom stereocenters. The number of H-pyrrole nitrogens is 1. The number of nitrogens with one attached hydrogen (secondary N) is 1. The molecular weight excluding hydrogens is 336 g/mol. The highest BCUT2D eigenvalue weighted by atomic mass is 15.2. The number of piperidine rings is 1. The summed E-state index contributed by atoms with van der Waals surface area (Å²) >= 11 is 0. The second kappa shape index (κ2) is 6.29. The Morgan fingerprint density at radius 1 is 1.19 bits per heavy atom. The fraction of sp³-hybridized carbons (Fsp3) is 0.524. The molecule has 27 heavy (non-hydrogen) atoms. The van der Waals surface area contributed by atoms with E-state index in [2.05, 4.69) is 27.0 Å². The van der Waals surface area contributed by atoms with Crippen molar-refractivity contribution in [3.8, 4) is 11.3 Å². The Balaban J connectivity index is 1.41. The Morgan fingerprint density at radius 3 is 2.78 bits per heavy atom. The second-order valence-corrected chi connectivity index (χ2v) is 8.28. The molecule has 1 saturated heterocycles. The van der Waals surface area contributed by atoms with Gasteiger partial charge in [0.15, 0.2) is 0 Å².